The highest BCUT2D eigenvalue weighted by molar-refractivity contribution is 5.82. The van der Waals surface area contributed by atoms with Crippen LogP contribution < -0.4 is 15.6 Å². The van der Waals surface area contributed by atoms with Gasteiger partial charge in [-0.05, 0) is 112 Å². The van der Waals surface area contributed by atoms with Gasteiger partial charge < -0.3 is 24.3 Å². The number of hydrogen-bond acceptors (Lipinski definition) is 6. The summed E-state index contributed by atoms with van der Waals surface area (Å²) in [5, 5.41) is 2.77. The molecule has 268 valence electrons. The summed E-state index contributed by atoms with van der Waals surface area (Å²) in [6.07, 6.45) is -4.05. The van der Waals surface area contributed by atoms with E-state index < -0.39 is 53.5 Å². The molecule has 0 aliphatic rings. The van der Waals surface area contributed by atoms with Crippen molar-refractivity contribution in [2.24, 2.45) is 5.92 Å². The van der Waals surface area contributed by atoms with Gasteiger partial charge in [-0.25, -0.2) is 4.39 Å². The first kappa shape index (κ1) is 39.3. The highest BCUT2D eigenvalue weighted by Crippen LogP contribution is 2.37. The molecule has 0 aliphatic heterocycles. The Kier molecular flexibility index (Phi) is 13.2. The maximum atomic E-state index is 16.0. The van der Waals surface area contributed by atoms with Crippen LogP contribution in [0.1, 0.15) is 79.1 Å². The predicted octanol–water partition coefficient (Wildman–Crippen LogP) is 7.11. The Morgan fingerprint density at radius 3 is 2.29 bits per heavy atom. The number of hydrogen-bond donors (Lipinski definition) is 1. The Morgan fingerprint density at radius 2 is 1.71 bits per heavy atom. The molecule has 3 aromatic rings. The maximum Gasteiger partial charge on any atom is 0.416 e. The second kappa shape index (κ2) is 16.5. The molecular formula is C37H47F4N3O5. The van der Waals surface area contributed by atoms with Gasteiger partial charge in [0.15, 0.2) is 0 Å². The number of carbonyl (C=O) groups excluding carboxylic acids is 2. The van der Waals surface area contributed by atoms with E-state index in [1.54, 1.807) is 52.1 Å². The Morgan fingerprint density at radius 1 is 1.04 bits per heavy atom. The average Bonchev–Trinajstić information content (AvgIpc) is 3.00. The average molecular weight is 690 g/mol. The summed E-state index contributed by atoms with van der Waals surface area (Å²) in [6, 6.07) is 4.99. The number of esters is 1. The largest absolute Gasteiger partial charge is 0.496 e. The van der Waals surface area contributed by atoms with Crippen LogP contribution in [0.4, 0.5) is 17.6 Å². The Labute approximate surface area is 285 Å². The fourth-order valence-corrected chi connectivity index (χ4v) is 6.02. The lowest BCUT2D eigenvalue weighted by Crippen LogP contribution is -2.41. The first-order valence-electron chi connectivity index (χ1n) is 16.3. The van der Waals surface area contributed by atoms with Gasteiger partial charge in [0, 0.05) is 24.4 Å². The zero-order valence-electron chi connectivity index (χ0n) is 29.7. The van der Waals surface area contributed by atoms with Crippen LogP contribution >= 0.6 is 0 Å². The number of benzene rings is 2. The molecule has 1 aromatic heterocycles. The molecule has 0 saturated carbocycles. The van der Waals surface area contributed by atoms with E-state index in [-0.39, 0.29) is 48.6 Å². The van der Waals surface area contributed by atoms with E-state index >= 15 is 4.39 Å². The van der Waals surface area contributed by atoms with E-state index in [4.69, 9.17) is 9.47 Å². The highest BCUT2D eigenvalue weighted by Gasteiger charge is 2.36. The van der Waals surface area contributed by atoms with Crippen molar-refractivity contribution in [2.45, 2.75) is 79.1 Å². The third-order valence-corrected chi connectivity index (χ3v) is 8.41. The van der Waals surface area contributed by atoms with Gasteiger partial charge in [-0.1, -0.05) is 19.9 Å². The summed E-state index contributed by atoms with van der Waals surface area (Å²) in [6.45, 7) is 10.9. The summed E-state index contributed by atoms with van der Waals surface area (Å²) in [5.41, 5.74) is 1.23. The van der Waals surface area contributed by atoms with Crippen molar-refractivity contribution in [2.75, 3.05) is 34.4 Å². The summed E-state index contributed by atoms with van der Waals surface area (Å²) < 4.78 is 69.7. The Balaban J connectivity index is 2.20. The van der Waals surface area contributed by atoms with Crippen LogP contribution in [0.15, 0.2) is 41.3 Å². The SMILES string of the molecule is CCOC(=O)C[C@H](NC(=O)C(CC(C)C)n1cc(CCN(C)C)c(C(F)(F)F)cc1=O)c1cc(-c2c(C)ccc(OC)c2C)cc(C)c1F. The van der Waals surface area contributed by atoms with Crippen LogP contribution in [0.25, 0.3) is 11.1 Å². The van der Waals surface area contributed by atoms with Crippen LogP contribution in [0.5, 0.6) is 5.75 Å². The minimum Gasteiger partial charge on any atom is -0.496 e. The van der Waals surface area contributed by atoms with E-state index in [0.717, 1.165) is 27.5 Å². The van der Waals surface area contributed by atoms with Gasteiger partial charge in [0.25, 0.3) is 5.56 Å². The summed E-state index contributed by atoms with van der Waals surface area (Å²) in [7, 11) is 4.98. The van der Waals surface area contributed by atoms with E-state index in [9.17, 15) is 27.6 Å². The number of nitrogens with zero attached hydrogens (tertiary/aromatic N) is 2. The lowest BCUT2D eigenvalue weighted by molar-refractivity contribution is -0.144. The number of carbonyl (C=O) groups is 2. The molecule has 0 aliphatic carbocycles. The second-order valence-electron chi connectivity index (χ2n) is 13.0. The lowest BCUT2D eigenvalue weighted by Gasteiger charge is -2.27. The summed E-state index contributed by atoms with van der Waals surface area (Å²) in [4.78, 5) is 42.0. The topological polar surface area (TPSA) is 89.9 Å². The Hall–Kier alpha value is -4.19. The fourth-order valence-electron chi connectivity index (χ4n) is 6.02. The number of alkyl halides is 3. The van der Waals surface area contributed by atoms with Gasteiger partial charge in [0.2, 0.25) is 5.91 Å². The third kappa shape index (κ3) is 9.71. The number of aryl methyl sites for hydroxylation is 2. The quantitative estimate of drug-likeness (QED) is 0.143. The van der Waals surface area contributed by atoms with Crippen molar-refractivity contribution in [3.63, 3.8) is 0 Å². The number of nitrogens with one attached hydrogen (secondary N) is 1. The molecule has 8 nitrogen and oxygen atoms in total. The highest BCUT2D eigenvalue weighted by atomic mass is 19.4. The van der Waals surface area contributed by atoms with Crippen LogP contribution in [0.3, 0.4) is 0 Å². The van der Waals surface area contributed by atoms with Crippen molar-refractivity contribution < 1.29 is 36.6 Å². The van der Waals surface area contributed by atoms with Gasteiger partial charge in [-0.3, -0.25) is 14.4 Å². The van der Waals surface area contributed by atoms with Gasteiger partial charge in [0.05, 0.1) is 31.7 Å². The van der Waals surface area contributed by atoms with E-state index in [0.29, 0.717) is 17.4 Å². The van der Waals surface area contributed by atoms with Crippen LogP contribution in [0, 0.1) is 32.5 Å². The number of rotatable bonds is 14. The standard InChI is InChI=1S/C37H47F4N3O5/c1-10-49-33(46)19-29(27-17-26(16-23(5)35(27)38)34-22(4)11-12-31(48-9)24(34)6)42-36(47)30(15-21(2)3)44-20-25(13-14-43(7)8)28(18-32(44)45)37(39,40)41/h11-12,16-18,20-21,29-30H,10,13-15,19H2,1-9H3,(H,42,47)/t29-,30?/m0/s1. The molecule has 12 heteroatoms. The van der Waals surface area contributed by atoms with Crippen molar-refractivity contribution >= 4 is 11.9 Å². The van der Waals surface area contributed by atoms with Crippen molar-refractivity contribution in [3.8, 4) is 16.9 Å². The predicted molar refractivity (Wildman–Crippen MR) is 181 cm³/mol. The number of ether oxygens (including phenoxy) is 2. The fraction of sp³-hybridized carbons (Fsp3) is 0.486. The van der Waals surface area contributed by atoms with E-state index in [2.05, 4.69) is 5.32 Å². The Bertz CT molecular complexity index is 1720. The molecule has 2 atom stereocenters. The number of methoxy groups -OCH3 is 1. The number of halogens is 4. The molecule has 1 amide bonds. The molecule has 0 radical (unpaired) electrons. The first-order chi connectivity index (χ1) is 22.9. The smallest absolute Gasteiger partial charge is 0.416 e. The zero-order valence-corrected chi connectivity index (χ0v) is 29.7. The number of aromatic nitrogens is 1. The molecule has 2 aromatic carbocycles. The molecule has 0 saturated heterocycles. The van der Waals surface area contributed by atoms with Crippen molar-refractivity contribution in [1.29, 1.82) is 0 Å². The number of likely N-dealkylation sites (N-methyl/N-ethyl adjacent to an activating group) is 1. The molecule has 3 rings (SSSR count). The molecule has 1 N–H and O–H groups in total. The van der Waals surface area contributed by atoms with Gasteiger partial charge >= 0.3 is 12.1 Å². The maximum absolute atomic E-state index is 16.0. The lowest BCUT2D eigenvalue weighted by atomic mass is 9.90. The van der Waals surface area contributed by atoms with Gasteiger partial charge in [-0.2, -0.15) is 13.2 Å². The summed E-state index contributed by atoms with van der Waals surface area (Å²) in [5.74, 6) is -1.62. The van der Waals surface area contributed by atoms with E-state index in [1.807, 2.05) is 39.8 Å². The normalized spacial score (nSPS) is 13.0. The van der Waals surface area contributed by atoms with Gasteiger partial charge in [0.1, 0.15) is 17.6 Å². The number of pyridine rings is 1. The first-order valence-corrected chi connectivity index (χ1v) is 16.3. The third-order valence-electron chi connectivity index (χ3n) is 8.41. The molecule has 0 fully saturated rings. The van der Waals surface area contributed by atoms with Gasteiger partial charge in [-0.15, -0.1) is 0 Å². The molecule has 0 bridgehead atoms. The van der Waals surface area contributed by atoms with Crippen molar-refractivity contribution in [3.05, 3.63) is 86.1 Å². The van der Waals surface area contributed by atoms with Crippen LogP contribution in [-0.2, 0) is 26.9 Å². The van der Waals surface area contributed by atoms with E-state index in [1.165, 1.54) is 0 Å². The molecule has 1 heterocycles. The van der Waals surface area contributed by atoms with Crippen LogP contribution in [0.2, 0.25) is 0 Å². The molecule has 1 unspecified atom stereocenters. The second-order valence-corrected chi connectivity index (χ2v) is 13.0. The zero-order chi connectivity index (χ0) is 36.8. The molecule has 49 heavy (non-hydrogen) atoms. The number of amides is 1. The minimum absolute atomic E-state index is 0.0211. The summed E-state index contributed by atoms with van der Waals surface area (Å²) >= 11 is 0. The van der Waals surface area contributed by atoms with Crippen molar-refractivity contribution in [1.82, 2.24) is 14.8 Å². The van der Waals surface area contributed by atoms with Crippen LogP contribution in [-0.4, -0.2) is 55.7 Å². The molecule has 0 spiro atoms. The molecular weight excluding hydrogens is 642 g/mol. The minimum atomic E-state index is -4.78. The monoisotopic (exact) mass is 689 g/mol.